The number of aryl methyl sites for hydroxylation is 1. The molecule has 0 bridgehead atoms. The first-order chi connectivity index (χ1) is 11.6. The molecular weight excluding hydrogens is 304 g/mol. The number of carbonyl (C=O) groups excluding carboxylic acids is 1. The van der Waals surface area contributed by atoms with Gasteiger partial charge in [-0.05, 0) is 26.3 Å². The lowest BCUT2D eigenvalue weighted by molar-refractivity contribution is -0.121. The predicted octanol–water partition coefficient (Wildman–Crippen LogP) is 2.86. The number of para-hydroxylation sites is 1. The van der Waals surface area contributed by atoms with Crippen molar-refractivity contribution in [3.05, 3.63) is 35.6 Å². The average molecular weight is 330 g/mol. The zero-order chi connectivity index (χ0) is 16.9. The Hall–Kier alpha value is -1.85. The van der Waals surface area contributed by atoms with Gasteiger partial charge in [-0.25, -0.2) is 0 Å². The Morgan fingerprint density at radius 2 is 2.04 bits per heavy atom. The summed E-state index contributed by atoms with van der Waals surface area (Å²) >= 11 is 0. The van der Waals surface area contributed by atoms with E-state index in [0.29, 0.717) is 19.0 Å². The van der Waals surface area contributed by atoms with Gasteiger partial charge in [0.2, 0.25) is 5.91 Å². The van der Waals surface area contributed by atoms with Gasteiger partial charge >= 0.3 is 0 Å². The molecule has 5 heteroatoms. The van der Waals surface area contributed by atoms with Crippen LogP contribution in [0.1, 0.15) is 31.1 Å². The van der Waals surface area contributed by atoms with Crippen LogP contribution in [0.5, 0.6) is 0 Å². The van der Waals surface area contributed by atoms with E-state index in [4.69, 9.17) is 9.15 Å². The topological polar surface area (TPSA) is 54.7 Å². The highest BCUT2D eigenvalue weighted by Crippen LogP contribution is 2.24. The molecule has 1 aliphatic rings. The highest BCUT2D eigenvalue weighted by Gasteiger charge is 2.18. The molecular formula is C19H26N2O3. The second kappa shape index (κ2) is 7.81. The molecule has 130 valence electrons. The quantitative estimate of drug-likeness (QED) is 0.885. The van der Waals surface area contributed by atoms with Crippen molar-refractivity contribution in [3.63, 3.8) is 0 Å². The summed E-state index contributed by atoms with van der Waals surface area (Å²) < 4.78 is 11.2. The summed E-state index contributed by atoms with van der Waals surface area (Å²) in [4.78, 5) is 14.5. The Kier molecular flexibility index (Phi) is 5.53. The van der Waals surface area contributed by atoms with Gasteiger partial charge in [0.1, 0.15) is 11.3 Å². The summed E-state index contributed by atoms with van der Waals surface area (Å²) in [5.74, 6) is 0.917. The molecule has 1 fully saturated rings. The Bertz CT molecular complexity index is 689. The lowest BCUT2D eigenvalue weighted by Gasteiger charge is -2.32. The summed E-state index contributed by atoms with van der Waals surface area (Å²) in [6.45, 7) is 8.17. The molecule has 1 saturated heterocycles. The molecule has 3 rings (SSSR count). The summed E-state index contributed by atoms with van der Waals surface area (Å²) in [7, 11) is 0. The molecule has 1 N–H and O–H groups in total. The van der Waals surface area contributed by atoms with Gasteiger partial charge in [-0.1, -0.05) is 18.2 Å². The monoisotopic (exact) mass is 330 g/mol. The number of furan rings is 1. The van der Waals surface area contributed by atoms with Gasteiger partial charge in [-0.2, -0.15) is 0 Å². The second-order valence-corrected chi connectivity index (χ2v) is 6.46. The van der Waals surface area contributed by atoms with Gasteiger partial charge in [0.15, 0.2) is 0 Å². The van der Waals surface area contributed by atoms with E-state index in [1.807, 2.05) is 31.2 Å². The van der Waals surface area contributed by atoms with Crippen LogP contribution in [-0.2, 0) is 16.1 Å². The van der Waals surface area contributed by atoms with Gasteiger partial charge in [-0.3, -0.25) is 9.69 Å². The first-order valence-electron chi connectivity index (χ1n) is 8.70. The summed E-state index contributed by atoms with van der Waals surface area (Å²) in [5, 5.41) is 4.10. The summed E-state index contributed by atoms with van der Waals surface area (Å²) in [6, 6.07) is 8.37. The van der Waals surface area contributed by atoms with Gasteiger partial charge in [0.05, 0.1) is 19.8 Å². The van der Waals surface area contributed by atoms with Gasteiger partial charge in [0.25, 0.3) is 0 Å². The number of nitrogens with zero attached hydrogens (tertiary/aromatic N) is 1. The molecule has 5 nitrogen and oxygen atoms in total. The van der Waals surface area contributed by atoms with E-state index in [-0.39, 0.29) is 5.91 Å². The number of carbonyl (C=O) groups is 1. The number of morpholine rings is 1. The molecule has 1 atom stereocenters. The maximum atomic E-state index is 12.1. The van der Waals surface area contributed by atoms with E-state index in [9.17, 15) is 4.79 Å². The van der Waals surface area contributed by atoms with Crippen LogP contribution in [0.3, 0.4) is 0 Å². The van der Waals surface area contributed by atoms with Crippen LogP contribution in [0, 0.1) is 6.92 Å². The molecule has 1 aromatic carbocycles. The Morgan fingerprint density at radius 3 is 2.79 bits per heavy atom. The number of hydrogen-bond donors (Lipinski definition) is 1. The fourth-order valence-electron chi connectivity index (χ4n) is 3.20. The SMILES string of the molecule is Cc1c(CNC(=O)CC[C@H](C)N2CCOCC2)oc2ccccc12. The van der Waals surface area contributed by atoms with Crippen LogP contribution >= 0.6 is 0 Å². The Labute approximate surface area is 143 Å². The fourth-order valence-corrected chi connectivity index (χ4v) is 3.20. The number of hydrogen-bond acceptors (Lipinski definition) is 4. The summed E-state index contributed by atoms with van der Waals surface area (Å²) in [6.07, 6.45) is 1.41. The van der Waals surface area contributed by atoms with Gasteiger partial charge < -0.3 is 14.5 Å². The smallest absolute Gasteiger partial charge is 0.220 e. The van der Waals surface area contributed by atoms with Gasteiger partial charge in [-0.15, -0.1) is 0 Å². The lowest BCUT2D eigenvalue weighted by atomic mass is 10.1. The third kappa shape index (κ3) is 3.97. The molecule has 2 aromatic rings. The molecule has 1 aliphatic heterocycles. The zero-order valence-electron chi connectivity index (χ0n) is 14.5. The minimum atomic E-state index is 0.0787. The number of rotatable bonds is 6. The first-order valence-corrected chi connectivity index (χ1v) is 8.70. The highest BCUT2D eigenvalue weighted by atomic mass is 16.5. The second-order valence-electron chi connectivity index (χ2n) is 6.46. The third-order valence-corrected chi connectivity index (χ3v) is 4.85. The van der Waals surface area contributed by atoms with Crippen LogP contribution in [0.4, 0.5) is 0 Å². The molecule has 1 aromatic heterocycles. The van der Waals surface area contributed by atoms with Gasteiger partial charge in [0, 0.05) is 36.5 Å². The van der Waals surface area contributed by atoms with Crippen molar-refractivity contribution in [2.45, 2.75) is 39.3 Å². The van der Waals surface area contributed by atoms with Crippen molar-refractivity contribution in [1.29, 1.82) is 0 Å². The lowest BCUT2D eigenvalue weighted by Crippen LogP contribution is -2.42. The van der Waals surface area contributed by atoms with E-state index < -0.39 is 0 Å². The molecule has 0 radical (unpaired) electrons. The van der Waals surface area contributed by atoms with E-state index in [2.05, 4.69) is 17.1 Å². The standard InChI is InChI=1S/C19H26N2O3/c1-14(21-9-11-23-12-10-21)7-8-19(22)20-13-18-15(2)16-5-3-4-6-17(16)24-18/h3-6,14H,7-13H2,1-2H3,(H,20,22)/t14-/m0/s1. The third-order valence-electron chi connectivity index (χ3n) is 4.85. The minimum absolute atomic E-state index is 0.0787. The Morgan fingerprint density at radius 1 is 1.29 bits per heavy atom. The molecule has 24 heavy (non-hydrogen) atoms. The van der Waals surface area contributed by atoms with E-state index in [1.54, 1.807) is 0 Å². The molecule has 0 unspecified atom stereocenters. The van der Waals surface area contributed by atoms with Crippen molar-refractivity contribution in [2.24, 2.45) is 0 Å². The number of fused-ring (bicyclic) bond motifs is 1. The minimum Gasteiger partial charge on any atom is -0.459 e. The molecule has 0 saturated carbocycles. The molecule has 1 amide bonds. The van der Waals surface area contributed by atoms with Crippen molar-refractivity contribution in [3.8, 4) is 0 Å². The van der Waals surface area contributed by atoms with Crippen LogP contribution in [0.15, 0.2) is 28.7 Å². The van der Waals surface area contributed by atoms with Crippen molar-refractivity contribution in [1.82, 2.24) is 10.2 Å². The van der Waals surface area contributed by atoms with Crippen LogP contribution in [-0.4, -0.2) is 43.2 Å². The van der Waals surface area contributed by atoms with Crippen LogP contribution in [0.25, 0.3) is 11.0 Å². The van der Waals surface area contributed by atoms with E-state index in [1.165, 1.54) is 0 Å². The average Bonchev–Trinajstić information content (AvgIpc) is 2.95. The van der Waals surface area contributed by atoms with Crippen LogP contribution < -0.4 is 5.32 Å². The zero-order valence-corrected chi connectivity index (χ0v) is 14.5. The summed E-state index contributed by atoms with van der Waals surface area (Å²) in [5.41, 5.74) is 1.98. The molecule has 0 aliphatic carbocycles. The number of amides is 1. The fraction of sp³-hybridized carbons (Fsp3) is 0.526. The van der Waals surface area contributed by atoms with Crippen molar-refractivity contribution in [2.75, 3.05) is 26.3 Å². The predicted molar refractivity (Wildman–Crippen MR) is 93.9 cm³/mol. The molecule has 0 spiro atoms. The number of benzene rings is 1. The first kappa shape index (κ1) is 17.0. The number of nitrogens with one attached hydrogen (secondary N) is 1. The van der Waals surface area contributed by atoms with Crippen molar-refractivity contribution < 1.29 is 13.9 Å². The van der Waals surface area contributed by atoms with E-state index in [0.717, 1.165) is 55.0 Å². The Balaban J connectivity index is 1.47. The molecule has 2 heterocycles. The maximum absolute atomic E-state index is 12.1. The normalized spacial score (nSPS) is 17.1. The highest BCUT2D eigenvalue weighted by molar-refractivity contribution is 5.82. The van der Waals surface area contributed by atoms with Crippen molar-refractivity contribution >= 4 is 16.9 Å². The largest absolute Gasteiger partial charge is 0.459 e. The van der Waals surface area contributed by atoms with E-state index >= 15 is 0 Å². The van der Waals surface area contributed by atoms with Crippen LogP contribution in [0.2, 0.25) is 0 Å². The maximum Gasteiger partial charge on any atom is 0.220 e. The number of ether oxygens (including phenoxy) is 1.